The second-order valence-electron chi connectivity index (χ2n) is 3.85. The fourth-order valence-electron chi connectivity index (χ4n) is 2.04. The molecular formula is C12H15NO2. The predicted molar refractivity (Wildman–Crippen MR) is 59.3 cm³/mol. The number of hydrogen-bond acceptors (Lipinski definition) is 3. The number of carbonyl (C=O) groups is 1. The van der Waals surface area contributed by atoms with E-state index in [-0.39, 0.29) is 5.97 Å². The maximum Gasteiger partial charge on any atom is 0.337 e. The molecule has 3 nitrogen and oxygen atoms in total. The predicted octanol–water partition coefficient (Wildman–Crippen LogP) is 2.14. The van der Waals surface area contributed by atoms with Gasteiger partial charge in [-0.1, -0.05) is 0 Å². The van der Waals surface area contributed by atoms with Crippen LogP contribution < -0.4 is 5.32 Å². The summed E-state index contributed by atoms with van der Waals surface area (Å²) in [6, 6.07) is 3.81. The van der Waals surface area contributed by atoms with Crippen LogP contribution in [0.25, 0.3) is 0 Å². The van der Waals surface area contributed by atoms with Crippen LogP contribution in [0, 0.1) is 6.92 Å². The molecule has 0 spiro atoms. The molecule has 15 heavy (non-hydrogen) atoms. The monoisotopic (exact) mass is 205 g/mol. The lowest BCUT2D eigenvalue weighted by atomic mass is 9.97. The Morgan fingerprint density at radius 3 is 3.00 bits per heavy atom. The lowest BCUT2D eigenvalue weighted by molar-refractivity contribution is 0.0600. The molecule has 0 saturated carbocycles. The zero-order valence-corrected chi connectivity index (χ0v) is 9.09. The molecule has 2 rings (SSSR count). The van der Waals surface area contributed by atoms with Crippen molar-refractivity contribution in [1.82, 2.24) is 0 Å². The minimum absolute atomic E-state index is 0.258. The lowest BCUT2D eigenvalue weighted by Crippen LogP contribution is -2.14. The molecule has 1 aliphatic heterocycles. The van der Waals surface area contributed by atoms with Gasteiger partial charge < -0.3 is 10.1 Å². The van der Waals surface area contributed by atoms with E-state index < -0.39 is 0 Å². The van der Waals surface area contributed by atoms with Gasteiger partial charge in [-0.05, 0) is 43.0 Å². The van der Waals surface area contributed by atoms with Gasteiger partial charge >= 0.3 is 5.97 Å². The van der Waals surface area contributed by atoms with Gasteiger partial charge in [0.2, 0.25) is 0 Å². The number of fused-ring (bicyclic) bond motifs is 1. The molecule has 3 heteroatoms. The molecule has 0 amide bonds. The van der Waals surface area contributed by atoms with Crippen LogP contribution in [0.3, 0.4) is 0 Å². The number of methoxy groups -OCH3 is 1. The Bertz CT molecular complexity index is 399. The minimum Gasteiger partial charge on any atom is -0.465 e. The largest absolute Gasteiger partial charge is 0.465 e. The van der Waals surface area contributed by atoms with Crippen molar-refractivity contribution in [3.63, 3.8) is 0 Å². The molecular weight excluding hydrogens is 190 g/mol. The van der Waals surface area contributed by atoms with Crippen molar-refractivity contribution in [3.8, 4) is 0 Å². The summed E-state index contributed by atoms with van der Waals surface area (Å²) in [4.78, 5) is 11.4. The molecule has 0 radical (unpaired) electrons. The third-order valence-corrected chi connectivity index (χ3v) is 2.76. The minimum atomic E-state index is -0.258. The average molecular weight is 205 g/mol. The van der Waals surface area contributed by atoms with Gasteiger partial charge in [0.25, 0.3) is 0 Å². The van der Waals surface area contributed by atoms with E-state index in [1.807, 2.05) is 19.1 Å². The molecule has 1 aliphatic rings. The SMILES string of the molecule is COC(=O)c1cc(C)c2c(c1)CCCN2. The Morgan fingerprint density at radius 2 is 2.27 bits per heavy atom. The Labute approximate surface area is 89.4 Å². The quantitative estimate of drug-likeness (QED) is 0.714. The highest BCUT2D eigenvalue weighted by molar-refractivity contribution is 5.90. The van der Waals surface area contributed by atoms with E-state index in [0.717, 1.165) is 24.9 Å². The van der Waals surface area contributed by atoms with Crippen molar-refractivity contribution in [1.29, 1.82) is 0 Å². The van der Waals surface area contributed by atoms with E-state index in [1.165, 1.54) is 18.4 Å². The zero-order valence-electron chi connectivity index (χ0n) is 9.09. The van der Waals surface area contributed by atoms with Crippen LogP contribution in [0.15, 0.2) is 12.1 Å². The molecule has 0 bridgehead atoms. The molecule has 1 heterocycles. The van der Waals surface area contributed by atoms with E-state index in [0.29, 0.717) is 5.56 Å². The van der Waals surface area contributed by atoms with Gasteiger partial charge in [0, 0.05) is 12.2 Å². The van der Waals surface area contributed by atoms with Crippen molar-refractivity contribution in [2.75, 3.05) is 19.0 Å². The van der Waals surface area contributed by atoms with Crippen molar-refractivity contribution in [2.24, 2.45) is 0 Å². The average Bonchev–Trinajstić information content (AvgIpc) is 2.28. The van der Waals surface area contributed by atoms with Crippen LogP contribution in [0.1, 0.15) is 27.9 Å². The smallest absolute Gasteiger partial charge is 0.337 e. The Hall–Kier alpha value is -1.51. The number of nitrogens with one attached hydrogen (secondary N) is 1. The fourth-order valence-corrected chi connectivity index (χ4v) is 2.04. The molecule has 80 valence electrons. The first-order chi connectivity index (χ1) is 7.22. The van der Waals surface area contributed by atoms with Crippen molar-refractivity contribution < 1.29 is 9.53 Å². The van der Waals surface area contributed by atoms with Gasteiger partial charge in [0.05, 0.1) is 12.7 Å². The number of ether oxygens (including phenoxy) is 1. The van der Waals surface area contributed by atoms with Crippen LogP contribution in [-0.4, -0.2) is 19.6 Å². The van der Waals surface area contributed by atoms with Gasteiger partial charge in [-0.2, -0.15) is 0 Å². The molecule has 0 atom stereocenters. The summed E-state index contributed by atoms with van der Waals surface area (Å²) in [5, 5.41) is 3.36. The zero-order chi connectivity index (χ0) is 10.8. The standard InChI is InChI=1S/C12H15NO2/c1-8-6-10(12(14)15-2)7-9-4-3-5-13-11(8)9/h6-7,13H,3-5H2,1-2H3. The summed E-state index contributed by atoms with van der Waals surface area (Å²) in [6.45, 7) is 3.04. The first-order valence-electron chi connectivity index (χ1n) is 5.18. The van der Waals surface area contributed by atoms with Crippen molar-refractivity contribution >= 4 is 11.7 Å². The summed E-state index contributed by atoms with van der Waals surface area (Å²) in [6.07, 6.45) is 2.16. The molecule has 1 N–H and O–H groups in total. The van der Waals surface area contributed by atoms with E-state index in [1.54, 1.807) is 0 Å². The fraction of sp³-hybridized carbons (Fsp3) is 0.417. The molecule has 0 saturated heterocycles. The third kappa shape index (κ3) is 1.82. The molecule has 1 aromatic carbocycles. The highest BCUT2D eigenvalue weighted by Crippen LogP contribution is 2.27. The van der Waals surface area contributed by atoms with Gasteiger partial charge in [0.15, 0.2) is 0 Å². The number of hydrogen-bond donors (Lipinski definition) is 1. The third-order valence-electron chi connectivity index (χ3n) is 2.76. The summed E-state index contributed by atoms with van der Waals surface area (Å²) in [5.41, 5.74) is 4.18. The maximum atomic E-state index is 11.4. The van der Waals surface area contributed by atoms with Crippen LogP contribution in [0.5, 0.6) is 0 Å². The van der Waals surface area contributed by atoms with E-state index in [9.17, 15) is 4.79 Å². The highest BCUT2D eigenvalue weighted by atomic mass is 16.5. The second-order valence-corrected chi connectivity index (χ2v) is 3.85. The lowest BCUT2D eigenvalue weighted by Gasteiger charge is -2.20. The number of anilines is 1. The molecule has 0 unspecified atom stereocenters. The Kier molecular flexibility index (Phi) is 2.62. The maximum absolute atomic E-state index is 11.4. The Balaban J connectivity index is 2.45. The first kappa shape index (κ1) is 10.0. The second kappa shape index (κ2) is 3.93. The summed E-state index contributed by atoms with van der Waals surface area (Å²) in [7, 11) is 1.41. The normalized spacial score (nSPS) is 14.0. The van der Waals surface area contributed by atoms with Gasteiger partial charge in [-0.15, -0.1) is 0 Å². The molecule has 0 aliphatic carbocycles. The molecule has 1 aromatic rings. The number of aryl methyl sites for hydroxylation is 2. The summed E-state index contributed by atoms with van der Waals surface area (Å²) >= 11 is 0. The van der Waals surface area contributed by atoms with E-state index in [4.69, 9.17) is 4.74 Å². The van der Waals surface area contributed by atoms with Gasteiger partial charge in [-0.3, -0.25) is 0 Å². The summed E-state index contributed by atoms with van der Waals surface area (Å²) < 4.78 is 4.72. The van der Waals surface area contributed by atoms with E-state index >= 15 is 0 Å². The van der Waals surface area contributed by atoms with Crippen LogP contribution in [0.4, 0.5) is 5.69 Å². The van der Waals surface area contributed by atoms with Crippen molar-refractivity contribution in [3.05, 3.63) is 28.8 Å². The van der Waals surface area contributed by atoms with E-state index in [2.05, 4.69) is 5.32 Å². The van der Waals surface area contributed by atoms with Crippen LogP contribution in [-0.2, 0) is 11.2 Å². The number of esters is 1. The van der Waals surface area contributed by atoms with Crippen molar-refractivity contribution in [2.45, 2.75) is 19.8 Å². The first-order valence-corrected chi connectivity index (χ1v) is 5.18. The topological polar surface area (TPSA) is 38.3 Å². The molecule has 0 aromatic heterocycles. The Morgan fingerprint density at radius 1 is 1.47 bits per heavy atom. The number of benzene rings is 1. The highest BCUT2D eigenvalue weighted by Gasteiger charge is 2.15. The van der Waals surface area contributed by atoms with Crippen LogP contribution >= 0.6 is 0 Å². The van der Waals surface area contributed by atoms with Gasteiger partial charge in [-0.25, -0.2) is 4.79 Å². The molecule has 0 fully saturated rings. The number of rotatable bonds is 1. The van der Waals surface area contributed by atoms with Gasteiger partial charge in [0.1, 0.15) is 0 Å². The summed E-state index contributed by atoms with van der Waals surface area (Å²) in [5.74, 6) is -0.258. The van der Waals surface area contributed by atoms with Crippen LogP contribution in [0.2, 0.25) is 0 Å². The number of carbonyl (C=O) groups excluding carboxylic acids is 1.